The Balaban J connectivity index is 1.83. The molecule has 2 aromatic heterocycles. The zero-order valence-corrected chi connectivity index (χ0v) is 15.3. The quantitative estimate of drug-likeness (QED) is 0.575. The van der Waals surface area contributed by atoms with E-state index >= 15 is 0 Å². The Morgan fingerprint density at radius 1 is 1.25 bits per heavy atom. The van der Waals surface area contributed by atoms with Crippen LogP contribution in [0, 0.1) is 5.82 Å². The minimum absolute atomic E-state index is 0.0669. The number of esters is 1. The lowest BCUT2D eigenvalue weighted by molar-refractivity contribution is -0.143. The Hall–Kier alpha value is -3.49. The average Bonchev–Trinajstić information content (AvgIpc) is 3.17. The number of hydrogen-bond acceptors (Lipinski definition) is 7. The summed E-state index contributed by atoms with van der Waals surface area (Å²) in [6.45, 7) is 2.16. The Kier molecular flexibility index (Phi) is 5.83. The standard InChI is InChI=1S/C19H18FN3O5/c1-3-27-17(25)8-9-23-11-13(5-7-16(23)24)19-21-18(22-28-19)12-4-6-15(26-2)14(20)10-12/h4-7,10-11H,3,8-9H2,1-2H3. The minimum Gasteiger partial charge on any atom is -0.494 e. The number of methoxy groups -OCH3 is 1. The van der Waals surface area contributed by atoms with Gasteiger partial charge >= 0.3 is 5.97 Å². The molecule has 9 heteroatoms. The molecule has 8 nitrogen and oxygen atoms in total. The van der Waals surface area contributed by atoms with E-state index in [0.717, 1.165) is 0 Å². The number of halogens is 1. The lowest BCUT2D eigenvalue weighted by atomic mass is 10.2. The highest BCUT2D eigenvalue weighted by atomic mass is 19.1. The fraction of sp³-hybridized carbons (Fsp3) is 0.263. The number of aromatic nitrogens is 3. The molecule has 0 bridgehead atoms. The van der Waals surface area contributed by atoms with Crippen LogP contribution < -0.4 is 10.3 Å². The third kappa shape index (κ3) is 4.25. The van der Waals surface area contributed by atoms with Crippen molar-refractivity contribution in [3.63, 3.8) is 0 Å². The second-order valence-corrected chi connectivity index (χ2v) is 5.78. The van der Waals surface area contributed by atoms with E-state index in [1.165, 1.54) is 42.1 Å². The van der Waals surface area contributed by atoms with Crippen LogP contribution in [0.25, 0.3) is 22.8 Å². The second kappa shape index (κ2) is 8.47. The summed E-state index contributed by atoms with van der Waals surface area (Å²) in [5, 5.41) is 3.85. The number of carbonyl (C=O) groups is 1. The van der Waals surface area contributed by atoms with Crippen LogP contribution in [-0.2, 0) is 16.1 Å². The molecular formula is C19H18FN3O5. The van der Waals surface area contributed by atoms with Gasteiger partial charge in [0.25, 0.3) is 11.4 Å². The van der Waals surface area contributed by atoms with Crippen LogP contribution in [0.3, 0.4) is 0 Å². The molecule has 0 aliphatic carbocycles. The maximum Gasteiger partial charge on any atom is 0.307 e. The smallest absolute Gasteiger partial charge is 0.307 e. The number of aryl methyl sites for hydroxylation is 1. The number of hydrogen-bond donors (Lipinski definition) is 0. The maximum atomic E-state index is 13.9. The van der Waals surface area contributed by atoms with Crippen LogP contribution in [-0.4, -0.2) is 34.4 Å². The first-order valence-electron chi connectivity index (χ1n) is 8.56. The summed E-state index contributed by atoms with van der Waals surface area (Å²) in [6.07, 6.45) is 1.59. The molecule has 146 valence electrons. The van der Waals surface area contributed by atoms with Crippen LogP contribution >= 0.6 is 0 Å². The molecule has 0 saturated heterocycles. The molecule has 0 fully saturated rings. The molecule has 3 rings (SSSR count). The lowest BCUT2D eigenvalue weighted by Gasteiger charge is -2.06. The highest BCUT2D eigenvalue weighted by Gasteiger charge is 2.14. The molecule has 0 aliphatic heterocycles. The molecule has 0 atom stereocenters. The van der Waals surface area contributed by atoms with Crippen molar-refractivity contribution in [3.8, 4) is 28.6 Å². The van der Waals surface area contributed by atoms with Gasteiger partial charge in [0.15, 0.2) is 11.6 Å². The number of nitrogens with zero attached hydrogens (tertiary/aromatic N) is 3. The number of pyridine rings is 1. The van der Waals surface area contributed by atoms with E-state index in [2.05, 4.69) is 10.1 Å². The SMILES string of the molecule is CCOC(=O)CCn1cc(-c2nc(-c3ccc(OC)c(F)c3)no2)ccc1=O. The zero-order valence-electron chi connectivity index (χ0n) is 15.3. The van der Waals surface area contributed by atoms with Crippen molar-refractivity contribution < 1.29 is 23.2 Å². The van der Waals surface area contributed by atoms with Gasteiger partial charge in [0.05, 0.1) is 25.7 Å². The first-order valence-corrected chi connectivity index (χ1v) is 8.56. The van der Waals surface area contributed by atoms with Gasteiger partial charge in [0.1, 0.15) is 0 Å². The van der Waals surface area contributed by atoms with Gasteiger partial charge in [-0.3, -0.25) is 9.59 Å². The molecule has 1 aromatic carbocycles. The Labute approximate surface area is 159 Å². The molecule has 0 spiro atoms. The first kappa shape index (κ1) is 19.3. The van der Waals surface area contributed by atoms with Crippen LogP contribution in [0.2, 0.25) is 0 Å². The molecule has 0 unspecified atom stereocenters. The summed E-state index contributed by atoms with van der Waals surface area (Å²) in [5.74, 6) is -0.460. The van der Waals surface area contributed by atoms with Crippen molar-refractivity contribution in [1.29, 1.82) is 0 Å². The van der Waals surface area contributed by atoms with Gasteiger partial charge in [-0.15, -0.1) is 0 Å². The fourth-order valence-electron chi connectivity index (χ4n) is 2.54. The minimum atomic E-state index is -0.543. The van der Waals surface area contributed by atoms with Crippen molar-refractivity contribution in [2.45, 2.75) is 19.9 Å². The normalized spacial score (nSPS) is 10.7. The number of rotatable bonds is 7. The van der Waals surface area contributed by atoms with Gasteiger partial charge in [-0.2, -0.15) is 4.98 Å². The topological polar surface area (TPSA) is 96.5 Å². The van der Waals surface area contributed by atoms with Crippen molar-refractivity contribution >= 4 is 5.97 Å². The highest BCUT2D eigenvalue weighted by molar-refractivity contribution is 5.69. The van der Waals surface area contributed by atoms with Crippen molar-refractivity contribution in [2.24, 2.45) is 0 Å². The van der Waals surface area contributed by atoms with Crippen LogP contribution in [0.4, 0.5) is 4.39 Å². The summed E-state index contributed by atoms with van der Waals surface area (Å²) in [7, 11) is 1.38. The number of carbonyl (C=O) groups excluding carboxylic acids is 1. The van der Waals surface area contributed by atoms with E-state index < -0.39 is 5.82 Å². The third-order valence-corrected chi connectivity index (χ3v) is 3.93. The molecule has 0 aliphatic rings. The Bertz CT molecular complexity index is 1040. The van der Waals surface area contributed by atoms with Gasteiger partial charge in [0.2, 0.25) is 5.82 Å². The van der Waals surface area contributed by atoms with Gasteiger partial charge in [-0.05, 0) is 31.2 Å². The van der Waals surface area contributed by atoms with Crippen LogP contribution in [0.15, 0.2) is 45.8 Å². The van der Waals surface area contributed by atoms with Gasteiger partial charge in [-0.25, -0.2) is 4.39 Å². The van der Waals surface area contributed by atoms with E-state index in [4.69, 9.17) is 14.0 Å². The summed E-state index contributed by atoms with van der Waals surface area (Å²) in [4.78, 5) is 27.7. The largest absolute Gasteiger partial charge is 0.494 e. The maximum absolute atomic E-state index is 13.9. The summed E-state index contributed by atoms with van der Waals surface area (Å²) < 4.78 is 30.2. The lowest BCUT2D eigenvalue weighted by Crippen LogP contribution is -2.20. The predicted octanol–water partition coefficient (Wildman–Crippen LogP) is 2.67. The molecule has 0 saturated carbocycles. The number of benzene rings is 1. The predicted molar refractivity (Wildman–Crippen MR) is 97.2 cm³/mol. The monoisotopic (exact) mass is 387 g/mol. The second-order valence-electron chi connectivity index (χ2n) is 5.78. The van der Waals surface area contributed by atoms with E-state index in [9.17, 15) is 14.0 Å². The van der Waals surface area contributed by atoms with Crippen molar-refractivity contribution in [3.05, 3.63) is 52.7 Å². The summed E-state index contributed by atoms with van der Waals surface area (Å²) >= 11 is 0. The van der Waals surface area contributed by atoms with Gasteiger partial charge in [0, 0.05) is 24.4 Å². The zero-order chi connectivity index (χ0) is 20.1. The summed E-state index contributed by atoms with van der Waals surface area (Å²) in [5.41, 5.74) is 0.644. The average molecular weight is 387 g/mol. The molecule has 3 aromatic rings. The molecule has 0 amide bonds. The molecule has 0 radical (unpaired) electrons. The van der Waals surface area contributed by atoms with E-state index in [0.29, 0.717) is 11.1 Å². The van der Waals surface area contributed by atoms with E-state index in [1.54, 1.807) is 13.0 Å². The molecule has 28 heavy (non-hydrogen) atoms. The highest BCUT2D eigenvalue weighted by Crippen LogP contribution is 2.25. The van der Waals surface area contributed by atoms with Crippen molar-refractivity contribution in [1.82, 2.24) is 14.7 Å². The molecular weight excluding hydrogens is 369 g/mol. The van der Waals surface area contributed by atoms with Gasteiger partial charge < -0.3 is 18.6 Å². The van der Waals surface area contributed by atoms with Crippen molar-refractivity contribution in [2.75, 3.05) is 13.7 Å². The van der Waals surface area contributed by atoms with Crippen LogP contribution in [0.5, 0.6) is 5.75 Å². The summed E-state index contributed by atoms with van der Waals surface area (Å²) in [6, 6.07) is 7.20. The number of ether oxygens (including phenoxy) is 2. The first-order chi connectivity index (χ1) is 13.5. The Morgan fingerprint density at radius 2 is 2.04 bits per heavy atom. The van der Waals surface area contributed by atoms with E-state index in [-0.39, 0.29) is 48.6 Å². The fourth-order valence-corrected chi connectivity index (χ4v) is 2.54. The third-order valence-electron chi connectivity index (χ3n) is 3.93. The van der Waals surface area contributed by atoms with E-state index in [1.807, 2.05) is 0 Å². The van der Waals surface area contributed by atoms with Gasteiger partial charge in [-0.1, -0.05) is 5.16 Å². The molecule has 0 N–H and O–H groups in total. The molecule has 2 heterocycles. The Morgan fingerprint density at radius 3 is 2.75 bits per heavy atom. The van der Waals surface area contributed by atoms with Crippen LogP contribution in [0.1, 0.15) is 13.3 Å².